The number of anilines is 2. The van der Waals surface area contributed by atoms with Crippen LogP contribution in [0.4, 0.5) is 11.5 Å². The third-order valence-corrected chi connectivity index (χ3v) is 4.04. The highest BCUT2D eigenvalue weighted by Gasteiger charge is 2.15. The van der Waals surface area contributed by atoms with Crippen LogP contribution in [0.25, 0.3) is 10.9 Å². The summed E-state index contributed by atoms with van der Waals surface area (Å²) in [6, 6.07) is 7.47. The van der Waals surface area contributed by atoms with Crippen molar-refractivity contribution >= 4 is 28.3 Å². The van der Waals surface area contributed by atoms with Crippen molar-refractivity contribution in [1.29, 1.82) is 0 Å². The van der Waals surface area contributed by atoms with E-state index < -0.39 is 0 Å². The van der Waals surface area contributed by atoms with E-state index in [9.17, 15) is 4.79 Å². The lowest BCUT2D eigenvalue weighted by atomic mass is 10.2. The van der Waals surface area contributed by atoms with E-state index in [0.29, 0.717) is 30.4 Å². The molecule has 2 N–H and O–H groups in total. The lowest BCUT2D eigenvalue weighted by Gasteiger charge is -2.27. The van der Waals surface area contributed by atoms with Crippen molar-refractivity contribution in [1.82, 2.24) is 20.2 Å². The fraction of sp³-hybridized carbons (Fsp3) is 0.333. The number of carbonyl (C=O) groups excluding carboxylic acids is 1. The van der Waals surface area contributed by atoms with Crippen molar-refractivity contribution in [3.05, 3.63) is 42.5 Å². The molecule has 0 aliphatic heterocycles. The maximum atomic E-state index is 12.6. The number of aromatic nitrogens is 4. The number of nitrogens with one attached hydrogen (secondary N) is 2. The van der Waals surface area contributed by atoms with Gasteiger partial charge in [-0.2, -0.15) is 5.10 Å². The molecule has 0 radical (unpaired) electrons. The smallest absolute Gasteiger partial charge is 0.274 e. The molecule has 26 heavy (non-hydrogen) atoms. The largest absolute Gasteiger partial charge is 0.383 e. The predicted octanol–water partition coefficient (Wildman–Crippen LogP) is 2.47. The van der Waals surface area contributed by atoms with E-state index in [1.165, 1.54) is 6.33 Å². The molecule has 2 aromatic heterocycles. The summed E-state index contributed by atoms with van der Waals surface area (Å²) < 4.78 is 5.16. The molecule has 0 bridgehead atoms. The van der Waals surface area contributed by atoms with Crippen LogP contribution in [-0.4, -0.2) is 52.4 Å². The average molecular weight is 354 g/mol. The minimum absolute atomic E-state index is 0.222. The van der Waals surface area contributed by atoms with Crippen molar-refractivity contribution in [2.45, 2.75) is 19.9 Å². The average Bonchev–Trinajstić information content (AvgIpc) is 3.10. The normalized spacial score (nSPS) is 11.1. The van der Waals surface area contributed by atoms with E-state index in [1.54, 1.807) is 19.4 Å². The van der Waals surface area contributed by atoms with Gasteiger partial charge in [0.05, 0.1) is 18.3 Å². The molecule has 0 spiro atoms. The number of aromatic amines is 1. The van der Waals surface area contributed by atoms with Crippen LogP contribution in [0.1, 0.15) is 24.3 Å². The van der Waals surface area contributed by atoms with Crippen molar-refractivity contribution in [2.75, 3.05) is 30.5 Å². The molecule has 3 rings (SSSR count). The number of carbonyl (C=O) groups is 1. The van der Waals surface area contributed by atoms with Crippen LogP contribution in [0.15, 0.2) is 36.8 Å². The molecule has 8 nitrogen and oxygen atoms in total. The van der Waals surface area contributed by atoms with Gasteiger partial charge in [-0.3, -0.25) is 9.89 Å². The SMILES string of the molecule is COCCN(c1cc(C(=O)Nc2ccc3[nH]ncc3c2)ncn1)C(C)C. The second-order valence-electron chi connectivity index (χ2n) is 6.17. The Morgan fingerprint density at radius 1 is 1.31 bits per heavy atom. The third kappa shape index (κ3) is 3.97. The predicted molar refractivity (Wildman–Crippen MR) is 100 cm³/mol. The van der Waals surface area contributed by atoms with Gasteiger partial charge in [-0.1, -0.05) is 0 Å². The number of hydrogen-bond donors (Lipinski definition) is 2. The van der Waals surface area contributed by atoms with Crippen LogP contribution in [0.5, 0.6) is 0 Å². The number of ether oxygens (including phenoxy) is 1. The topological polar surface area (TPSA) is 96.0 Å². The summed E-state index contributed by atoms with van der Waals surface area (Å²) in [5.41, 5.74) is 1.91. The Morgan fingerprint density at radius 2 is 2.15 bits per heavy atom. The quantitative estimate of drug-likeness (QED) is 0.677. The monoisotopic (exact) mass is 354 g/mol. The van der Waals surface area contributed by atoms with E-state index in [4.69, 9.17) is 4.74 Å². The molecule has 2 heterocycles. The van der Waals surface area contributed by atoms with Crippen LogP contribution in [-0.2, 0) is 4.74 Å². The van der Waals surface area contributed by atoms with Gasteiger partial charge in [0, 0.05) is 36.8 Å². The lowest BCUT2D eigenvalue weighted by molar-refractivity contribution is 0.102. The molecular formula is C18H22N6O2. The van der Waals surface area contributed by atoms with Gasteiger partial charge < -0.3 is 15.0 Å². The highest BCUT2D eigenvalue weighted by Crippen LogP contribution is 2.18. The molecular weight excluding hydrogens is 332 g/mol. The van der Waals surface area contributed by atoms with Gasteiger partial charge in [-0.15, -0.1) is 0 Å². The number of hydrogen-bond acceptors (Lipinski definition) is 6. The molecule has 0 saturated carbocycles. The maximum absolute atomic E-state index is 12.6. The van der Waals surface area contributed by atoms with Gasteiger partial charge in [0.15, 0.2) is 0 Å². The first kappa shape index (κ1) is 17.8. The zero-order chi connectivity index (χ0) is 18.5. The molecule has 1 aromatic carbocycles. The maximum Gasteiger partial charge on any atom is 0.274 e. The molecule has 8 heteroatoms. The third-order valence-electron chi connectivity index (χ3n) is 4.04. The Kier molecular flexibility index (Phi) is 5.43. The summed E-state index contributed by atoms with van der Waals surface area (Å²) in [4.78, 5) is 23.1. The van der Waals surface area contributed by atoms with Crippen molar-refractivity contribution < 1.29 is 9.53 Å². The standard InChI is InChI=1S/C18H22N6O2/c1-12(2)24(6-7-26-3)17-9-16(19-11-20-17)18(25)22-14-4-5-15-13(8-14)10-21-23-15/h4-5,8-12H,6-7H2,1-3H3,(H,21,23)(H,22,25). The molecule has 0 aliphatic rings. The van der Waals surface area contributed by atoms with E-state index in [1.807, 2.05) is 18.2 Å². The molecule has 0 atom stereocenters. The summed E-state index contributed by atoms with van der Waals surface area (Å²) in [6.07, 6.45) is 3.12. The van der Waals surface area contributed by atoms with Crippen molar-refractivity contribution in [3.63, 3.8) is 0 Å². The molecule has 0 fully saturated rings. The number of H-pyrrole nitrogens is 1. The number of amides is 1. The minimum Gasteiger partial charge on any atom is -0.383 e. The molecule has 136 valence electrons. The number of rotatable bonds is 7. The Labute approximate surface area is 151 Å². The Morgan fingerprint density at radius 3 is 2.92 bits per heavy atom. The van der Waals surface area contributed by atoms with E-state index in [2.05, 4.69) is 44.2 Å². The highest BCUT2D eigenvalue weighted by molar-refractivity contribution is 6.04. The summed E-state index contributed by atoms with van der Waals surface area (Å²) in [7, 11) is 1.66. The first-order valence-corrected chi connectivity index (χ1v) is 8.40. The van der Waals surface area contributed by atoms with Gasteiger partial charge in [0.25, 0.3) is 5.91 Å². The van der Waals surface area contributed by atoms with Crippen LogP contribution >= 0.6 is 0 Å². The summed E-state index contributed by atoms with van der Waals surface area (Å²) in [6.45, 7) is 5.40. The van der Waals surface area contributed by atoms with Gasteiger partial charge >= 0.3 is 0 Å². The fourth-order valence-corrected chi connectivity index (χ4v) is 2.67. The number of nitrogens with zero attached hydrogens (tertiary/aromatic N) is 4. The second kappa shape index (κ2) is 7.92. The number of fused-ring (bicyclic) bond motifs is 1. The van der Waals surface area contributed by atoms with Crippen LogP contribution in [0.2, 0.25) is 0 Å². The van der Waals surface area contributed by atoms with Crippen LogP contribution < -0.4 is 10.2 Å². The Balaban J connectivity index is 1.78. The van der Waals surface area contributed by atoms with Crippen molar-refractivity contribution in [3.8, 4) is 0 Å². The first-order valence-electron chi connectivity index (χ1n) is 8.40. The molecule has 0 saturated heterocycles. The number of benzene rings is 1. The van der Waals surface area contributed by atoms with E-state index in [-0.39, 0.29) is 11.9 Å². The lowest BCUT2D eigenvalue weighted by Crippen LogP contribution is -2.34. The summed E-state index contributed by atoms with van der Waals surface area (Å²) in [5.74, 6) is 0.412. The molecule has 3 aromatic rings. The molecule has 1 amide bonds. The molecule has 0 aliphatic carbocycles. The zero-order valence-electron chi connectivity index (χ0n) is 15.1. The molecule has 0 unspecified atom stereocenters. The van der Waals surface area contributed by atoms with Crippen molar-refractivity contribution in [2.24, 2.45) is 0 Å². The fourth-order valence-electron chi connectivity index (χ4n) is 2.67. The summed E-state index contributed by atoms with van der Waals surface area (Å²) in [5, 5.41) is 10.6. The number of methoxy groups -OCH3 is 1. The second-order valence-corrected chi connectivity index (χ2v) is 6.17. The first-order chi connectivity index (χ1) is 12.6. The van der Waals surface area contributed by atoms with Gasteiger partial charge in [0.2, 0.25) is 0 Å². The van der Waals surface area contributed by atoms with Gasteiger partial charge in [-0.05, 0) is 32.0 Å². The summed E-state index contributed by atoms with van der Waals surface area (Å²) >= 11 is 0. The minimum atomic E-state index is -0.285. The zero-order valence-corrected chi connectivity index (χ0v) is 15.1. The Hall–Kier alpha value is -3.00. The van der Waals surface area contributed by atoms with Gasteiger partial charge in [-0.25, -0.2) is 9.97 Å². The highest BCUT2D eigenvalue weighted by atomic mass is 16.5. The Bertz CT molecular complexity index is 892. The van der Waals surface area contributed by atoms with Gasteiger partial charge in [0.1, 0.15) is 17.8 Å². The van der Waals surface area contributed by atoms with E-state index in [0.717, 1.165) is 10.9 Å². The van der Waals surface area contributed by atoms with Crippen LogP contribution in [0.3, 0.4) is 0 Å². The van der Waals surface area contributed by atoms with E-state index >= 15 is 0 Å². The van der Waals surface area contributed by atoms with Crippen LogP contribution in [0, 0.1) is 0 Å².